The van der Waals surface area contributed by atoms with Gasteiger partial charge in [-0.25, -0.2) is 0 Å². The summed E-state index contributed by atoms with van der Waals surface area (Å²) < 4.78 is 11.2. The molecule has 1 N–H and O–H groups in total. The molecule has 2 rings (SSSR count). The quantitative estimate of drug-likeness (QED) is 0.673. The van der Waals surface area contributed by atoms with Crippen LogP contribution in [0.1, 0.15) is 50.8 Å². The van der Waals surface area contributed by atoms with E-state index in [1.165, 1.54) is 0 Å². The number of carbonyl (C=O) groups is 1. The highest BCUT2D eigenvalue weighted by Gasteiger charge is 2.13. The third-order valence-electron chi connectivity index (χ3n) is 4.19. The van der Waals surface area contributed by atoms with Gasteiger partial charge in [0.25, 0.3) is 0 Å². The smallest absolute Gasteiger partial charge is 0.220 e. The Morgan fingerprint density at radius 2 is 1.65 bits per heavy atom. The van der Waals surface area contributed by atoms with Crippen LogP contribution in [0.2, 0.25) is 0 Å². The van der Waals surface area contributed by atoms with Gasteiger partial charge in [-0.05, 0) is 49.9 Å². The molecule has 2 aromatic carbocycles. The fourth-order valence-electron chi connectivity index (χ4n) is 2.88. The van der Waals surface area contributed by atoms with Crippen molar-refractivity contribution in [3.63, 3.8) is 0 Å². The molecule has 2 aromatic rings. The number of rotatable bonds is 10. The zero-order valence-corrected chi connectivity index (χ0v) is 16.0. The van der Waals surface area contributed by atoms with Crippen molar-refractivity contribution < 1.29 is 14.3 Å². The van der Waals surface area contributed by atoms with E-state index in [2.05, 4.69) is 24.4 Å². The van der Waals surface area contributed by atoms with Crippen LogP contribution in [0.3, 0.4) is 0 Å². The zero-order valence-electron chi connectivity index (χ0n) is 16.0. The number of aryl methyl sites for hydroxylation is 1. The summed E-state index contributed by atoms with van der Waals surface area (Å²) in [4.78, 5) is 12.4. The SMILES string of the molecule is CCOc1ccc(CCC(=O)N[C@@H](CC)c2ccccc2)cc1OCC. The van der Waals surface area contributed by atoms with Crippen molar-refractivity contribution in [3.05, 3.63) is 59.7 Å². The van der Waals surface area contributed by atoms with E-state index in [4.69, 9.17) is 9.47 Å². The molecular weight excluding hydrogens is 326 g/mol. The lowest BCUT2D eigenvalue weighted by Gasteiger charge is -2.17. The topological polar surface area (TPSA) is 47.6 Å². The van der Waals surface area contributed by atoms with Crippen molar-refractivity contribution in [2.24, 2.45) is 0 Å². The van der Waals surface area contributed by atoms with Crippen LogP contribution >= 0.6 is 0 Å². The van der Waals surface area contributed by atoms with Crippen molar-refractivity contribution in [1.29, 1.82) is 0 Å². The number of carbonyl (C=O) groups excluding carboxylic acids is 1. The van der Waals surface area contributed by atoms with Gasteiger partial charge in [0.2, 0.25) is 5.91 Å². The van der Waals surface area contributed by atoms with Crippen molar-refractivity contribution >= 4 is 5.91 Å². The first-order valence-corrected chi connectivity index (χ1v) is 9.40. The molecule has 0 bridgehead atoms. The Morgan fingerprint density at radius 3 is 2.31 bits per heavy atom. The monoisotopic (exact) mass is 355 g/mol. The summed E-state index contributed by atoms with van der Waals surface area (Å²) in [6, 6.07) is 16.0. The fraction of sp³-hybridized carbons (Fsp3) is 0.409. The maximum atomic E-state index is 12.4. The summed E-state index contributed by atoms with van der Waals surface area (Å²) >= 11 is 0. The molecule has 1 atom stereocenters. The first kappa shape index (κ1) is 19.8. The van der Waals surface area contributed by atoms with Crippen LogP contribution in [0.4, 0.5) is 0 Å². The van der Waals surface area contributed by atoms with Crippen LogP contribution in [0.5, 0.6) is 11.5 Å². The predicted molar refractivity (Wildman–Crippen MR) is 105 cm³/mol. The van der Waals surface area contributed by atoms with E-state index in [1.54, 1.807) is 0 Å². The van der Waals surface area contributed by atoms with Gasteiger partial charge >= 0.3 is 0 Å². The summed E-state index contributed by atoms with van der Waals surface area (Å²) in [7, 11) is 0. The average molecular weight is 355 g/mol. The Balaban J connectivity index is 1.95. The van der Waals surface area contributed by atoms with Crippen LogP contribution in [0, 0.1) is 0 Å². The van der Waals surface area contributed by atoms with Crippen molar-refractivity contribution in [2.45, 2.75) is 46.1 Å². The molecule has 0 saturated carbocycles. The highest BCUT2D eigenvalue weighted by Crippen LogP contribution is 2.29. The van der Waals surface area contributed by atoms with Gasteiger partial charge in [-0.3, -0.25) is 4.79 Å². The molecule has 0 saturated heterocycles. The Hall–Kier alpha value is -2.49. The number of nitrogens with one attached hydrogen (secondary N) is 1. The average Bonchev–Trinajstić information content (AvgIpc) is 2.67. The lowest BCUT2D eigenvalue weighted by Crippen LogP contribution is -2.28. The molecule has 0 radical (unpaired) electrons. The molecule has 4 nitrogen and oxygen atoms in total. The molecule has 1 amide bonds. The van der Waals surface area contributed by atoms with Crippen LogP contribution < -0.4 is 14.8 Å². The minimum atomic E-state index is 0.0583. The predicted octanol–water partition coefficient (Wildman–Crippen LogP) is 4.68. The molecule has 0 aliphatic rings. The van der Waals surface area contributed by atoms with E-state index in [0.717, 1.165) is 29.0 Å². The normalized spacial score (nSPS) is 11.7. The highest BCUT2D eigenvalue weighted by molar-refractivity contribution is 5.76. The maximum absolute atomic E-state index is 12.4. The Kier molecular flexibility index (Phi) is 8.00. The van der Waals surface area contributed by atoms with Crippen molar-refractivity contribution in [1.82, 2.24) is 5.32 Å². The summed E-state index contributed by atoms with van der Waals surface area (Å²) in [5.41, 5.74) is 2.21. The van der Waals surface area contributed by atoms with Gasteiger partial charge in [-0.15, -0.1) is 0 Å². The van der Waals surface area contributed by atoms with Crippen molar-refractivity contribution in [2.75, 3.05) is 13.2 Å². The van der Waals surface area contributed by atoms with E-state index in [1.807, 2.05) is 50.2 Å². The van der Waals surface area contributed by atoms with Gasteiger partial charge in [-0.2, -0.15) is 0 Å². The summed E-state index contributed by atoms with van der Waals surface area (Å²) in [6.07, 6.45) is 1.99. The second-order valence-electron chi connectivity index (χ2n) is 6.09. The highest BCUT2D eigenvalue weighted by atomic mass is 16.5. The molecule has 0 spiro atoms. The molecule has 0 fully saturated rings. The first-order chi connectivity index (χ1) is 12.7. The van der Waals surface area contributed by atoms with E-state index < -0.39 is 0 Å². The summed E-state index contributed by atoms with van der Waals surface area (Å²) in [6.45, 7) is 7.16. The van der Waals surface area contributed by atoms with Crippen LogP contribution in [-0.4, -0.2) is 19.1 Å². The number of benzene rings is 2. The molecule has 0 aliphatic carbocycles. The summed E-state index contributed by atoms with van der Waals surface area (Å²) in [5, 5.41) is 3.13. The number of ether oxygens (including phenoxy) is 2. The number of hydrogen-bond acceptors (Lipinski definition) is 3. The van der Waals surface area contributed by atoms with E-state index in [9.17, 15) is 4.79 Å². The fourth-order valence-corrected chi connectivity index (χ4v) is 2.88. The zero-order chi connectivity index (χ0) is 18.8. The first-order valence-electron chi connectivity index (χ1n) is 9.40. The van der Waals surface area contributed by atoms with E-state index >= 15 is 0 Å². The number of hydrogen-bond donors (Lipinski definition) is 1. The number of amides is 1. The largest absolute Gasteiger partial charge is 0.490 e. The minimum absolute atomic E-state index is 0.0583. The second kappa shape index (κ2) is 10.5. The van der Waals surface area contributed by atoms with Gasteiger partial charge in [0.1, 0.15) is 0 Å². The molecule has 0 aliphatic heterocycles. The molecule has 140 valence electrons. The second-order valence-corrected chi connectivity index (χ2v) is 6.09. The van der Waals surface area contributed by atoms with Crippen LogP contribution in [-0.2, 0) is 11.2 Å². The standard InChI is InChI=1S/C22H29NO3/c1-4-19(18-10-8-7-9-11-18)23-22(24)15-13-17-12-14-20(25-5-2)21(16-17)26-6-3/h7-12,14,16,19H,4-6,13,15H2,1-3H3,(H,23,24)/t19-/m0/s1. The Bertz CT molecular complexity index is 685. The molecule has 0 unspecified atom stereocenters. The van der Waals surface area contributed by atoms with Gasteiger partial charge in [0.15, 0.2) is 11.5 Å². The summed E-state index contributed by atoms with van der Waals surface area (Å²) in [5.74, 6) is 1.55. The van der Waals surface area contributed by atoms with Gasteiger partial charge in [0.05, 0.1) is 19.3 Å². The van der Waals surface area contributed by atoms with Gasteiger partial charge in [-0.1, -0.05) is 43.3 Å². The Morgan fingerprint density at radius 1 is 0.962 bits per heavy atom. The third kappa shape index (κ3) is 5.80. The molecule has 4 heteroatoms. The van der Waals surface area contributed by atoms with Gasteiger partial charge in [0, 0.05) is 6.42 Å². The maximum Gasteiger partial charge on any atom is 0.220 e. The van der Waals surface area contributed by atoms with Gasteiger partial charge < -0.3 is 14.8 Å². The molecule has 0 heterocycles. The van der Waals surface area contributed by atoms with Crippen LogP contribution in [0.15, 0.2) is 48.5 Å². The lowest BCUT2D eigenvalue weighted by atomic mass is 10.0. The van der Waals surface area contributed by atoms with E-state index in [0.29, 0.717) is 26.1 Å². The van der Waals surface area contributed by atoms with E-state index in [-0.39, 0.29) is 11.9 Å². The van der Waals surface area contributed by atoms with Crippen molar-refractivity contribution in [3.8, 4) is 11.5 Å². The lowest BCUT2D eigenvalue weighted by molar-refractivity contribution is -0.121. The Labute approximate surface area is 156 Å². The molecule has 0 aromatic heterocycles. The molecule has 26 heavy (non-hydrogen) atoms. The third-order valence-corrected chi connectivity index (χ3v) is 4.19. The molecular formula is C22H29NO3. The van der Waals surface area contributed by atoms with Crippen LogP contribution in [0.25, 0.3) is 0 Å². The minimum Gasteiger partial charge on any atom is -0.490 e.